The van der Waals surface area contributed by atoms with E-state index >= 15 is 0 Å². The highest BCUT2D eigenvalue weighted by Gasteiger charge is 2.65. The summed E-state index contributed by atoms with van der Waals surface area (Å²) in [6.07, 6.45) is 10.1. The summed E-state index contributed by atoms with van der Waals surface area (Å²) in [5.41, 5.74) is 0.339. The fourth-order valence-corrected chi connectivity index (χ4v) is 9.62. The number of esters is 2. The molecule has 0 bridgehead atoms. The molecule has 35 heavy (non-hydrogen) atoms. The number of Topliss-reactive ketones (excluding diaryl/α,β-unsaturated/α-hetero) is 1. The van der Waals surface area contributed by atoms with Crippen LogP contribution in [0.3, 0.4) is 0 Å². The van der Waals surface area contributed by atoms with Crippen molar-refractivity contribution in [3.05, 3.63) is 0 Å². The van der Waals surface area contributed by atoms with Gasteiger partial charge in [0.2, 0.25) is 0 Å². The monoisotopic (exact) mass is 488 g/mol. The normalized spacial score (nSPS) is 43.5. The fraction of sp³-hybridized carbons (Fsp3) is 0.900. The molecule has 0 aliphatic heterocycles. The number of carbonyl (C=O) groups excluding carboxylic acids is 3. The van der Waals surface area contributed by atoms with E-state index in [0.29, 0.717) is 48.2 Å². The first kappa shape index (κ1) is 26.7. The van der Waals surface area contributed by atoms with E-state index in [4.69, 9.17) is 9.47 Å². The third-order valence-electron chi connectivity index (χ3n) is 11.5. The smallest absolute Gasteiger partial charge is 0.305 e. The lowest BCUT2D eigenvalue weighted by Crippen LogP contribution is -2.60. The minimum absolute atomic E-state index is 0.0284. The van der Waals surface area contributed by atoms with E-state index in [9.17, 15) is 14.4 Å². The van der Waals surface area contributed by atoms with Gasteiger partial charge in [0.1, 0.15) is 11.9 Å². The second-order valence-electron chi connectivity index (χ2n) is 12.8. The maximum Gasteiger partial charge on any atom is 0.305 e. The van der Waals surface area contributed by atoms with Gasteiger partial charge in [0.15, 0.2) is 0 Å². The van der Waals surface area contributed by atoms with Gasteiger partial charge < -0.3 is 9.47 Å². The Morgan fingerprint density at radius 1 is 0.971 bits per heavy atom. The van der Waals surface area contributed by atoms with Crippen LogP contribution in [0.15, 0.2) is 0 Å². The van der Waals surface area contributed by atoms with Crippen molar-refractivity contribution in [3.8, 4) is 0 Å². The number of ether oxygens (including phenoxy) is 2. The minimum atomic E-state index is -0.118. The number of fused-ring (bicyclic) bond motifs is 5. The highest BCUT2D eigenvalue weighted by molar-refractivity contribution is 5.86. The van der Waals surface area contributed by atoms with Crippen molar-refractivity contribution in [2.45, 2.75) is 111 Å². The summed E-state index contributed by atoms with van der Waals surface area (Å²) in [5.74, 6) is 2.82. The maximum atomic E-state index is 14.2. The molecular formula is C30H48O5. The van der Waals surface area contributed by atoms with Gasteiger partial charge in [-0.2, -0.15) is 0 Å². The fourth-order valence-electron chi connectivity index (χ4n) is 9.62. The highest BCUT2D eigenvalue weighted by atomic mass is 16.5. The molecule has 4 aliphatic rings. The third kappa shape index (κ3) is 4.48. The third-order valence-corrected chi connectivity index (χ3v) is 11.5. The molecule has 198 valence electrons. The molecule has 0 amide bonds. The van der Waals surface area contributed by atoms with E-state index in [1.54, 1.807) is 0 Å². The molecule has 6 unspecified atom stereocenters. The van der Waals surface area contributed by atoms with Crippen LogP contribution >= 0.6 is 0 Å². The molecule has 0 heterocycles. The molecule has 10 atom stereocenters. The Hall–Kier alpha value is -1.39. The number of carbonyl (C=O) groups is 3. The highest BCUT2D eigenvalue weighted by Crippen LogP contribution is 2.68. The summed E-state index contributed by atoms with van der Waals surface area (Å²) in [5, 5.41) is 0. The molecule has 4 rings (SSSR count). The molecule has 0 radical (unpaired) electrons. The van der Waals surface area contributed by atoms with Crippen molar-refractivity contribution >= 4 is 17.7 Å². The first-order chi connectivity index (χ1) is 16.6. The predicted molar refractivity (Wildman–Crippen MR) is 135 cm³/mol. The van der Waals surface area contributed by atoms with Crippen molar-refractivity contribution in [2.24, 2.45) is 52.3 Å². The molecule has 0 aromatic carbocycles. The van der Waals surface area contributed by atoms with Crippen molar-refractivity contribution in [2.75, 3.05) is 7.11 Å². The molecule has 0 N–H and O–H groups in total. The van der Waals surface area contributed by atoms with Crippen LogP contribution in [0.2, 0.25) is 0 Å². The van der Waals surface area contributed by atoms with Crippen molar-refractivity contribution in [1.29, 1.82) is 0 Å². The molecule has 4 saturated carbocycles. The van der Waals surface area contributed by atoms with Gasteiger partial charge in [0.25, 0.3) is 0 Å². The molecule has 5 heteroatoms. The van der Waals surface area contributed by atoms with Crippen molar-refractivity contribution < 1.29 is 23.9 Å². The van der Waals surface area contributed by atoms with Crippen LogP contribution in [0.25, 0.3) is 0 Å². The molecule has 5 nitrogen and oxygen atoms in total. The van der Waals surface area contributed by atoms with Crippen LogP contribution in [0.5, 0.6) is 0 Å². The van der Waals surface area contributed by atoms with E-state index in [0.717, 1.165) is 44.9 Å². The molecule has 0 aromatic rings. The molecule has 4 aliphatic carbocycles. The first-order valence-corrected chi connectivity index (χ1v) is 14.4. The summed E-state index contributed by atoms with van der Waals surface area (Å²) in [6.45, 7) is 11.3. The van der Waals surface area contributed by atoms with Crippen LogP contribution in [-0.2, 0) is 23.9 Å². The number of hydrogen-bond donors (Lipinski definition) is 0. The zero-order valence-corrected chi connectivity index (χ0v) is 22.9. The maximum absolute atomic E-state index is 14.2. The summed E-state index contributed by atoms with van der Waals surface area (Å²) >= 11 is 0. The van der Waals surface area contributed by atoms with Gasteiger partial charge in [-0.15, -0.1) is 0 Å². The van der Waals surface area contributed by atoms with Crippen LogP contribution in [0.1, 0.15) is 105 Å². The molecular weight excluding hydrogens is 440 g/mol. The summed E-state index contributed by atoms with van der Waals surface area (Å²) in [7, 11) is 1.47. The van der Waals surface area contributed by atoms with E-state index < -0.39 is 0 Å². The molecule has 0 aromatic heterocycles. The van der Waals surface area contributed by atoms with E-state index in [1.807, 2.05) is 6.92 Å². The first-order valence-electron chi connectivity index (χ1n) is 14.4. The summed E-state index contributed by atoms with van der Waals surface area (Å²) < 4.78 is 10.7. The number of hydrogen-bond acceptors (Lipinski definition) is 5. The predicted octanol–water partition coefficient (Wildman–Crippen LogP) is 6.37. The Bertz CT molecular complexity index is 822. The van der Waals surface area contributed by atoms with Gasteiger partial charge in [0.05, 0.1) is 7.11 Å². The van der Waals surface area contributed by atoms with E-state index in [1.165, 1.54) is 20.0 Å². The molecule has 4 fully saturated rings. The minimum Gasteiger partial charge on any atom is -0.469 e. The second kappa shape index (κ2) is 10.2. The van der Waals surface area contributed by atoms with Crippen LogP contribution in [0, 0.1) is 52.3 Å². The second-order valence-corrected chi connectivity index (χ2v) is 12.8. The van der Waals surface area contributed by atoms with Crippen LogP contribution in [0.4, 0.5) is 0 Å². The SMILES string of the molecule is CCC(=O)OC1CC[C@]2(C)C3CC[C@@]4(C)C(CCC4[C@H](C)CCC(=O)OC)C3C(=O)[C@H](CC)C2C1. The quantitative estimate of drug-likeness (QED) is 0.389. The number of methoxy groups -OCH3 is 1. The van der Waals surface area contributed by atoms with Crippen LogP contribution in [-0.4, -0.2) is 30.9 Å². The van der Waals surface area contributed by atoms with Gasteiger partial charge in [-0.05, 0) is 98.2 Å². The van der Waals surface area contributed by atoms with Gasteiger partial charge in [-0.3, -0.25) is 14.4 Å². The average Bonchev–Trinajstić information content (AvgIpc) is 3.20. The van der Waals surface area contributed by atoms with Crippen molar-refractivity contribution in [3.63, 3.8) is 0 Å². The standard InChI is InChI=1S/C30H48O5/c1-7-20-24-17-19(35-25(31)8-2)13-15-30(24,5)23-14-16-29(4)21(18(3)9-12-26(32)34-6)10-11-22(29)27(23)28(20)33/h18-24,27H,7-17H2,1-6H3/t18-,19?,20-,21?,22?,23?,24?,27?,29-,30-/m1/s1. The van der Waals surface area contributed by atoms with Crippen molar-refractivity contribution in [1.82, 2.24) is 0 Å². The van der Waals surface area contributed by atoms with E-state index in [-0.39, 0.29) is 40.7 Å². The lowest BCUT2D eigenvalue weighted by atomic mass is 9.42. The number of rotatable bonds is 7. The Labute approximate surface area is 212 Å². The molecule has 0 spiro atoms. The lowest BCUT2D eigenvalue weighted by molar-refractivity contribution is -0.179. The summed E-state index contributed by atoms with van der Waals surface area (Å²) in [4.78, 5) is 38.0. The Balaban J connectivity index is 1.56. The van der Waals surface area contributed by atoms with Gasteiger partial charge >= 0.3 is 11.9 Å². The Morgan fingerprint density at radius 3 is 2.31 bits per heavy atom. The molecule has 0 saturated heterocycles. The summed E-state index contributed by atoms with van der Waals surface area (Å²) in [6, 6.07) is 0. The Kier molecular flexibility index (Phi) is 7.75. The topological polar surface area (TPSA) is 69.7 Å². The average molecular weight is 489 g/mol. The largest absolute Gasteiger partial charge is 0.469 e. The van der Waals surface area contributed by atoms with E-state index in [2.05, 4.69) is 27.7 Å². The van der Waals surface area contributed by atoms with Gasteiger partial charge in [-0.1, -0.05) is 34.6 Å². The number of ketones is 1. The zero-order valence-electron chi connectivity index (χ0n) is 22.9. The lowest BCUT2D eigenvalue weighted by Gasteiger charge is -2.62. The van der Waals surface area contributed by atoms with Crippen LogP contribution < -0.4 is 0 Å². The zero-order chi connectivity index (χ0) is 25.5. The Morgan fingerprint density at radius 2 is 1.66 bits per heavy atom. The van der Waals surface area contributed by atoms with Gasteiger partial charge in [-0.25, -0.2) is 0 Å². The van der Waals surface area contributed by atoms with Gasteiger partial charge in [0, 0.05) is 24.7 Å².